The predicted octanol–water partition coefficient (Wildman–Crippen LogP) is 1.33. The molecule has 0 unspecified atom stereocenters. The first kappa shape index (κ1) is 15.4. The number of aromatic amines is 1. The zero-order chi connectivity index (χ0) is 16.6. The molecule has 0 saturated heterocycles. The number of nitrogens with zero attached hydrogens (tertiary/aromatic N) is 2. The van der Waals surface area contributed by atoms with E-state index in [-0.39, 0.29) is 11.1 Å². The smallest absolute Gasteiger partial charge is 0.275 e. The van der Waals surface area contributed by atoms with E-state index in [0.29, 0.717) is 22.5 Å². The number of nitriles is 1. The Morgan fingerprint density at radius 1 is 1.14 bits per heavy atom. The summed E-state index contributed by atoms with van der Waals surface area (Å²) in [5, 5.41) is 9.07. The number of carbonyl (C=O) groups excluding carboxylic acids is 1. The van der Waals surface area contributed by atoms with E-state index < -0.39 is 17.0 Å². The molecule has 2 heterocycles. The minimum absolute atomic E-state index is 0.0939. The lowest BCUT2D eigenvalue weighted by molar-refractivity contribution is 0.0951. The summed E-state index contributed by atoms with van der Waals surface area (Å²) in [6.45, 7) is 6.56. The van der Waals surface area contributed by atoms with Gasteiger partial charge in [-0.05, 0) is 51.0 Å². The van der Waals surface area contributed by atoms with Gasteiger partial charge < -0.3 is 4.98 Å². The van der Waals surface area contributed by atoms with Crippen LogP contribution in [-0.2, 0) is 0 Å². The molecule has 2 aromatic rings. The summed E-state index contributed by atoms with van der Waals surface area (Å²) in [6.07, 6.45) is 0. The van der Waals surface area contributed by atoms with Gasteiger partial charge in [0.25, 0.3) is 17.0 Å². The van der Waals surface area contributed by atoms with Crippen LogP contribution in [0.3, 0.4) is 0 Å². The number of pyridine rings is 2. The fourth-order valence-corrected chi connectivity index (χ4v) is 2.51. The SMILES string of the molecule is Cc1cc(C)c(C(=O)n2c(C)cc(C)c(C#N)c2=O)c(=O)[nH]1. The molecular formula is C16H15N3O3. The van der Waals surface area contributed by atoms with Crippen molar-refractivity contribution in [1.29, 1.82) is 5.26 Å². The molecule has 0 spiro atoms. The lowest BCUT2D eigenvalue weighted by Crippen LogP contribution is -2.35. The number of aryl methyl sites for hydroxylation is 4. The van der Waals surface area contributed by atoms with Crippen LogP contribution >= 0.6 is 0 Å². The third-order valence-electron chi connectivity index (χ3n) is 3.48. The fourth-order valence-electron chi connectivity index (χ4n) is 2.51. The molecule has 0 atom stereocenters. The lowest BCUT2D eigenvalue weighted by atomic mass is 10.1. The maximum atomic E-state index is 12.7. The Morgan fingerprint density at radius 2 is 1.77 bits per heavy atom. The van der Waals surface area contributed by atoms with Gasteiger partial charge in [-0.15, -0.1) is 0 Å². The molecule has 6 heteroatoms. The van der Waals surface area contributed by atoms with Gasteiger partial charge in [0.15, 0.2) is 0 Å². The van der Waals surface area contributed by atoms with Crippen molar-refractivity contribution < 1.29 is 4.79 Å². The predicted molar refractivity (Wildman–Crippen MR) is 81.2 cm³/mol. The first-order valence-electron chi connectivity index (χ1n) is 6.66. The molecule has 0 fully saturated rings. The standard InChI is InChI=1S/C16H15N3O3/c1-8-6-11(4)19(15(21)12(8)7-17)16(22)13-9(2)5-10(3)18-14(13)20/h5-6H,1-4H3,(H,18,20). The highest BCUT2D eigenvalue weighted by molar-refractivity contribution is 5.97. The van der Waals surface area contributed by atoms with Gasteiger partial charge in [-0.25, -0.2) is 4.57 Å². The highest BCUT2D eigenvalue weighted by Gasteiger charge is 2.21. The number of H-pyrrole nitrogens is 1. The van der Waals surface area contributed by atoms with Crippen LogP contribution in [-0.4, -0.2) is 15.5 Å². The van der Waals surface area contributed by atoms with Crippen LogP contribution in [0.15, 0.2) is 21.7 Å². The van der Waals surface area contributed by atoms with Crippen LogP contribution in [0.2, 0.25) is 0 Å². The Morgan fingerprint density at radius 3 is 2.32 bits per heavy atom. The quantitative estimate of drug-likeness (QED) is 0.859. The largest absolute Gasteiger partial charge is 0.326 e. The molecule has 0 aliphatic rings. The number of aromatic nitrogens is 2. The van der Waals surface area contributed by atoms with Gasteiger partial charge in [0.2, 0.25) is 0 Å². The lowest BCUT2D eigenvalue weighted by Gasteiger charge is -2.12. The van der Waals surface area contributed by atoms with Crippen LogP contribution in [0, 0.1) is 39.0 Å². The van der Waals surface area contributed by atoms with Crippen molar-refractivity contribution in [3.05, 3.63) is 66.5 Å². The highest BCUT2D eigenvalue weighted by atomic mass is 16.2. The second kappa shape index (κ2) is 5.45. The van der Waals surface area contributed by atoms with Crippen LogP contribution in [0.5, 0.6) is 0 Å². The molecule has 0 aliphatic carbocycles. The Bertz CT molecular complexity index is 943. The van der Waals surface area contributed by atoms with Crippen molar-refractivity contribution in [3.8, 4) is 6.07 Å². The van der Waals surface area contributed by atoms with Gasteiger partial charge in [-0.3, -0.25) is 14.4 Å². The van der Waals surface area contributed by atoms with E-state index in [1.165, 1.54) is 0 Å². The molecular weight excluding hydrogens is 282 g/mol. The minimum Gasteiger partial charge on any atom is -0.326 e. The Labute approximate surface area is 126 Å². The summed E-state index contributed by atoms with van der Waals surface area (Å²) < 4.78 is 0.873. The first-order valence-corrected chi connectivity index (χ1v) is 6.66. The van der Waals surface area contributed by atoms with Gasteiger partial charge in [-0.1, -0.05) is 0 Å². The van der Waals surface area contributed by atoms with Crippen LogP contribution in [0.1, 0.15) is 38.4 Å². The molecule has 2 aromatic heterocycles. The molecule has 2 rings (SSSR count). The molecule has 0 aromatic carbocycles. The van der Waals surface area contributed by atoms with E-state index >= 15 is 0 Å². The van der Waals surface area contributed by atoms with Crippen molar-refractivity contribution in [2.45, 2.75) is 27.7 Å². The third-order valence-corrected chi connectivity index (χ3v) is 3.48. The fraction of sp³-hybridized carbons (Fsp3) is 0.250. The number of hydrogen-bond donors (Lipinski definition) is 1. The Balaban J connectivity index is 2.80. The maximum Gasteiger partial charge on any atom is 0.275 e. The highest BCUT2D eigenvalue weighted by Crippen LogP contribution is 2.10. The Kier molecular flexibility index (Phi) is 3.83. The molecule has 0 bridgehead atoms. The minimum atomic E-state index is -0.724. The van der Waals surface area contributed by atoms with Crippen LogP contribution < -0.4 is 11.1 Å². The molecule has 0 amide bonds. The van der Waals surface area contributed by atoms with Gasteiger partial charge in [-0.2, -0.15) is 5.26 Å². The molecule has 22 heavy (non-hydrogen) atoms. The van der Waals surface area contributed by atoms with Crippen molar-refractivity contribution in [2.24, 2.45) is 0 Å². The van der Waals surface area contributed by atoms with E-state index in [9.17, 15) is 14.4 Å². The van der Waals surface area contributed by atoms with E-state index in [2.05, 4.69) is 4.98 Å². The Hall–Kier alpha value is -2.94. The monoisotopic (exact) mass is 297 g/mol. The second-order valence-electron chi connectivity index (χ2n) is 5.24. The molecule has 0 radical (unpaired) electrons. The molecule has 0 aliphatic heterocycles. The maximum absolute atomic E-state index is 12.7. The summed E-state index contributed by atoms with van der Waals surface area (Å²) >= 11 is 0. The van der Waals surface area contributed by atoms with Gasteiger partial charge >= 0.3 is 0 Å². The van der Waals surface area contributed by atoms with Gasteiger partial charge in [0.1, 0.15) is 17.2 Å². The van der Waals surface area contributed by atoms with E-state index in [4.69, 9.17) is 5.26 Å². The number of nitrogens with one attached hydrogen (secondary N) is 1. The van der Waals surface area contributed by atoms with Gasteiger partial charge in [0.05, 0.1) is 0 Å². The average Bonchev–Trinajstić information content (AvgIpc) is 2.37. The summed E-state index contributed by atoms with van der Waals surface area (Å²) in [5.41, 5.74) is 0.553. The normalized spacial score (nSPS) is 10.3. The first-order chi connectivity index (χ1) is 10.3. The molecule has 6 nitrogen and oxygen atoms in total. The molecule has 1 N–H and O–H groups in total. The topological polar surface area (TPSA) is 95.7 Å². The van der Waals surface area contributed by atoms with E-state index in [0.717, 1.165) is 4.57 Å². The molecule has 0 saturated carbocycles. The van der Waals surface area contributed by atoms with Crippen LogP contribution in [0.25, 0.3) is 0 Å². The van der Waals surface area contributed by atoms with Crippen molar-refractivity contribution >= 4 is 5.91 Å². The number of carbonyl (C=O) groups is 1. The van der Waals surface area contributed by atoms with Crippen molar-refractivity contribution in [1.82, 2.24) is 9.55 Å². The summed E-state index contributed by atoms with van der Waals surface area (Å²) in [6, 6.07) is 5.04. The zero-order valence-electron chi connectivity index (χ0n) is 12.8. The number of hydrogen-bond acceptors (Lipinski definition) is 4. The average molecular weight is 297 g/mol. The summed E-state index contributed by atoms with van der Waals surface area (Å²) in [4.78, 5) is 39.6. The van der Waals surface area contributed by atoms with Crippen molar-refractivity contribution in [2.75, 3.05) is 0 Å². The second-order valence-corrected chi connectivity index (χ2v) is 5.24. The van der Waals surface area contributed by atoms with Gasteiger partial charge in [0, 0.05) is 11.4 Å². The van der Waals surface area contributed by atoms with E-state index in [1.807, 2.05) is 0 Å². The molecule has 112 valence electrons. The summed E-state index contributed by atoms with van der Waals surface area (Å²) in [5.74, 6) is -0.724. The van der Waals surface area contributed by atoms with Crippen LogP contribution in [0.4, 0.5) is 0 Å². The van der Waals surface area contributed by atoms with E-state index in [1.54, 1.807) is 45.9 Å². The van der Waals surface area contributed by atoms with Crippen molar-refractivity contribution in [3.63, 3.8) is 0 Å². The zero-order valence-corrected chi connectivity index (χ0v) is 12.8. The summed E-state index contributed by atoms with van der Waals surface area (Å²) in [7, 11) is 0. The third kappa shape index (κ3) is 2.37. The number of rotatable bonds is 1.